The predicted octanol–water partition coefficient (Wildman–Crippen LogP) is 3.79. The van der Waals surface area contributed by atoms with Crippen LogP contribution in [0.3, 0.4) is 0 Å². The number of hydrogen-bond acceptors (Lipinski definition) is 3. The van der Waals surface area contributed by atoms with Crippen LogP contribution in [0.1, 0.15) is 16.1 Å². The minimum absolute atomic E-state index is 0.211. The maximum Gasteiger partial charge on any atom is 0.257 e. The predicted molar refractivity (Wildman–Crippen MR) is 71.1 cm³/mol. The average molecular weight is 287 g/mol. The zero-order valence-corrected chi connectivity index (χ0v) is 10.9. The van der Waals surface area contributed by atoms with E-state index < -0.39 is 0 Å². The molecule has 1 aromatic carbocycles. The van der Waals surface area contributed by atoms with Gasteiger partial charge in [0.25, 0.3) is 5.91 Å². The molecule has 0 spiro atoms. The van der Waals surface area contributed by atoms with Gasteiger partial charge in [-0.3, -0.25) is 10.1 Å². The quantitative estimate of drug-likeness (QED) is 0.873. The Morgan fingerprint density at radius 2 is 2.06 bits per heavy atom. The second-order valence-electron chi connectivity index (χ2n) is 3.24. The van der Waals surface area contributed by atoms with Crippen molar-refractivity contribution in [1.82, 2.24) is 4.98 Å². The van der Waals surface area contributed by atoms with E-state index in [1.54, 1.807) is 24.3 Å². The summed E-state index contributed by atoms with van der Waals surface area (Å²) in [4.78, 5) is 15.9. The number of hydrogen-bond donors (Lipinski definition) is 1. The first-order chi connectivity index (χ1) is 8.19. The Kier molecular flexibility index (Phi) is 3.99. The largest absolute Gasteiger partial charge is 0.298 e. The molecule has 0 radical (unpaired) electrons. The van der Waals surface area contributed by atoms with Gasteiger partial charge in [-0.25, -0.2) is 4.98 Å². The van der Waals surface area contributed by atoms with Crippen molar-refractivity contribution >= 4 is 45.6 Å². The van der Waals surface area contributed by atoms with Crippen LogP contribution >= 0.6 is 34.5 Å². The molecular formula is C11H8Cl2N2OS. The van der Waals surface area contributed by atoms with Gasteiger partial charge in [0.1, 0.15) is 0 Å². The van der Waals surface area contributed by atoms with E-state index in [2.05, 4.69) is 10.3 Å². The van der Waals surface area contributed by atoms with E-state index in [9.17, 15) is 4.79 Å². The van der Waals surface area contributed by atoms with Gasteiger partial charge in [0.2, 0.25) is 0 Å². The first kappa shape index (κ1) is 12.4. The number of halogens is 2. The lowest BCUT2D eigenvalue weighted by Gasteiger charge is -2.01. The Hall–Kier alpha value is -1.10. The van der Waals surface area contributed by atoms with Crippen LogP contribution in [0.15, 0.2) is 29.6 Å². The molecule has 6 heteroatoms. The zero-order valence-electron chi connectivity index (χ0n) is 8.61. The number of aromatic nitrogens is 1. The molecule has 1 N–H and O–H groups in total. The van der Waals surface area contributed by atoms with E-state index in [4.69, 9.17) is 23.2 Å². The van der Waals surface area contributed by atoms with E-state index in [1.165, 1.54) is 11.3 Å². The Labute approximate surface area is 112 Å². The summed E-state index contributed by atoms with van der Waals surface area (Å²) in [6, 6.07) is 6.66. The highest BCUT2D eigenvalue weighted by Crippen LogP contribution is 2.18. The van der Waals surface area contributed by atoms with Gasteiger partial charge in [0.15, 0.2) is 5.13 Å². The first-order valence-corrected chi connectivity index (χ1v) is 6.55. The topological polar surface area (TPSA) is 42.0 Å². The fourth-order valence-corrected chi connectivity index (χ4v) is 2.26. The summed E-state index contributed by atoms with van der Waals surface area (Å²) in [5.41, 5.74) is 1.29. The third kappa shape index (κ3) is 3.19. The van der Waals surface area contributed by atoms with Gasteiger partial charge < -0.3 is 0 Å². The van der Waals surface area contributed by atoms with Crippen molar-refractivity contribution in [3.63, 3.8) is 0 Å². The highest BCUT2D eigenvalue weighted by atomic mass is 35.5. The van der Waals surface area contributed by atoms with Crippen molar-refractivity contribution in [3.05, 3.63) is 45.9 Å². The molecule has 0 aliphatic heterocycles. The second kappa shape index (κ2) is 5.49. The maximum atomic E-state index is 11.8. The Bertz CT molecular complexity index is 525. The summed E-state index contributed by atoms with van der Waals surface area (Å²) in [5.74, 6) is 0.130. The number of anilines is 1. The SMILES string of the molecule is O=C(Nc1nc(CCl)cs1)c1ccc(Cl)cc1. The average Bonchev–Trinajstić information content (AvgIpc) is 2.77. The molecule has 0 aliphatic rings. The fourth-order valence-electron chi connectivity index (χ4n) is 1.20. The van der Waals surface area contributed by atoms with Crippen LogP contribution in [0.4, 0.5) is 5.13 Å². The smallest absolute Gasteiger partial charge is 0.257 e. The molecule has 0 unspecified atom stereocenters. The highest BCUT2D eigenvalue weighted by Gasteiger charge is 2.08. The van der Waals surface area contributed by atoms with Crippen LogP contribution in [0.25, 0.3) is 0 Å². The van der Waals surface area contributed by atoms with Crippen LogP contribution in [0.2, 0.25) is 5.02 Å². The van der Waals surface area contributed by atoms with Crippen LogP contribution in [-0.4, -0.2) is 10.9 Å². The van der Waals surface area contributed by atoms with E-state index in [1.807, 2.05) is 5.38 Å². The van der Waals surface area contributed by atoms with Gasteiger partial charge in [-0.2, -0.15) is 0 Å². The van der Waals surface area contributed by atoms with E-state index >= 15 is 0 Å². The number of alkyl halides is 1. The summed E-state index contributed by atoms with van der Waals surface area (Å²) in [6.07, 6.45) is 0. The number of amides is 1. The first-order valence-electron chi connectivity index (χ1n) is 4.76. The molecule has 3 nitrogen and oxygen atoms in total. The lowest BCUT2D eigenvalue weighted by atomic mass is 10.2. The number of carbonyl (C=O) groups excluding carboxylic acids is 1. The van der Waals surface area contributed by atoms with E-state index in [-0.39, 0.29) is 5.91 Å². The summed E-state index contributed by atoms with van der Waals surface area (Å²) in [5, 5.41) is 5.65. The lowest BCUT2D eigenvalue weighted by Crippen LogP contribution is -2.11. The van der Waals surface area contributed by atoms with Crippen molar-refractivity contribution in [2.45, 2.75) is 5.88 Å². The van der Waals surface area contributed by atoms with Crippen molar-refractivity contribution in [1.29, 1.82) is 0 Å². The lowest BCUT2D eigenvalue weighted by molar-refractivity contribution is 0.102. The van der Waals surface area contributed by atoms with Crippen molar-refractivity contribution in [3.8, 4) is 0 Å². The minimum atomic E-state index is -0.211. The zero-order chi connectivity index (χ0) is 12.3. The number of rotatable bonds is 3. The van der Waals surface area contributed by atoms with Gasteiger partial charge in [0.05, 0.1) is 11.6 Å². The van der Waals surface area contributed by atoms with Crippen molar-refractivity contribution in [2.24, 2.45) is 0 Å². The molecule has 1 aromatic heterocycles. The normalized spacial score (nSPS) is 10.2. The van der Waals surface area contributed by atoms with Gasteiger partial charge in [-0.1, -0.05) is 11.6 Å². The number of nitrogens with zero attached hydrogens (tertiary/aromatic N) is 1. The van der Waals surface area contributed by atoms with Crippen molar-refractivity contribution < 1.29 is 4.79 Å². The molecule has 0 fully saturated rings. The summed E-state index contributed by atoms with van der Waals surface area (Å²) in [6.45, 7) is 0. The fraction of sp³-hybridized carbons (Fsp3) is 0.0909. The summed E-state index contributed by atoms with van der Waals surface area (Å²) >= 11 is 12.7. The van der Waals surface area contributed by atoms with Gasteiger partial charge in [-0.05, 0) is 24.3 Å². The Balaban J connectivity index is 2.08. The molecule has 1 amide bonds. The Morgan fingerprint density at radius 1 is 1.35 bits per heavy atom. The summed E-state index contributed by atoms with van der Waals surface area (Å²) in [7, 11) is 0. The number of benzene rings is 1. The number of nitrogens with one attached hydrogen (secondary N) is 1. The highest BCUT2D eigenvalue weighted by molar-refractivity contribution is 7.14. The molecule has 0 saturated heterocycles. The number of carbonyl (C=O) groups is 1. The third-order valence-corrected chi connectivity index (χ3v) is 3.35. The maximum absolute atomic E-state index is 11.8. The minimum Gasteiger partial charge on any atom is -0.298 e. The number of thiazole rings is 1. The molecular weight excluding hydrogens is 279 g/mol. The molecule has 2 rings (SSSR count). The Morgan fingerprint density at radius 3 is 2.65 bits per heavy atom. The van der Waals surface area contributed by atoms with Crippen LogP contribution in [0.5, 0.6) is 0 Å². The van der Waals surface area contributed by atoms with Crippen molar-refractivity contribution in [2.75, 3.05) is 5.32 Å². The standard InChI is InChI=1S/C11H8Cl2N2OS/c12-5-9-6-17-11(14-9)15-10(16)7-1-3-8(13)4-2-7/h1-4,6H,5H2,(H,14,15,16). The van der Waals surface area contributed by atoms with Crippen LogP contribution in [0, 0.1) is 0 Å². The molecule has 0 aliphatic carbocycles. The van der Waals surface area contributed by atoms with Crippen LogP contribution < -0.4 is 5.32 Å². The van der Waals surface area contributed by atoms with E-state index in [0.717, 1.165) is 5.69 Å². The summed E-state index contributed by atoms with van der Waals surface area (Å²) < 4.78 is 0. The molecule has 88 valence electrons. The van der Waals surface area contributed by atoms with E-state index in [0.29, 0.717) is 21.6 Å². The molecule has 0 bridgehead atoms. The van der Waals surface area contributed by atoms with Gasteiger partial charge in [0, 0.05) is 16.0 Å². The molecule has 0 saturated carbocycles. The third-order valence-electron chi connectivity index (χ3n) is 2.02. The molecule has 1 heterocycles. The monoisotopic (exact) mass is 286 g/mol. The second-order valence-corrected chi connectivity index (χ2v) is 4.80. The van der Waals surface area contributed by atoms with Gasteiger partial charge >= 0.3 is 0 Å². The molecule has 2 aromatic rings. The van der Waals surface area contributed by atoms with Gasteiger partial charge in [-0.15, -0.1) is 22.9 Å². The molecule has 17 heavy (non-hydrogen) atoms. The van der Waals surface area contributed by atoms with Crippen LogP contribution in [-0.2, 0) is 5.88 Å². The molecule has 0 atom stereocenters.